The normalized spacial score (nSPS) is 13.6. The maximum absolute atomic E-state index is 3.60. The summed E-state index contributed by atoms with van der Waals surface area (Å²) in [6.45, 7) is 13.1. The summed E-state index contributed by atoms with van der Waals surface area (Å²) in [4.78, 5) is 10.5. The smallest absolute Gasteiger partial charge is 0.303 e. The van der Waals surface area contributed by atoms with Crippen LogP contribution in [0, 0.1) is 0 Å². The van der Waals surface area contributed by atoms with Crippen LogP contribution in [-0.4, -0.2) is 46.0 Å². The molecule has 0 aliphatic rings. The van der Waals surface area contributed by atoms with Crippen LogP contribution in [0.4, 0.5) is 0 Å². The van der Waals surface area contributed by atoms with E-state index < -0.39 is 8.72 Å². The van der Waals surface area contributed by atoms with E-state index in [0.717, 1.165) is 13.1 Å². The second-order valence-electron chi connectivity index (χ2n) is 4.66. The van der Waals surface area contributed by atoms with E-state index in [4.69, 9.17) is 0 Å². The molecule has 0 aromatic carbocycles. The first-order valence-corrected chi connectivity index (χ1v) is 7.73. The number of nitrogens with zero attached hydrogens (tertiary/aromatic N) is 1. The van der Waals surface area contributed by atoms with Crippen LogP contribution >= 0.6 is 0 Å². The lowest BCUT2D eigenvalue weighted by Gasteiger charge is -2.47. The summed E-state index contributed by atoms with van der Waals surface area (Å²) in [5.41, 5.74) is 0.162. The fourth-order valence-corrected chi connectivity index (χ4v) is 5.46. The van der Waals surface area contributed by atoms with Crippen molar-refractivity contribution in [3.05, 3.63) is 0 Å². The van der Waals surface area contributed by atoms with E-state index in [1.165, 1.54) is 0 Å². The molecular formula is C10H28N4Si. The van der Waals surface area contributed by atoms with E-state index in [1.807, 2.05) is 14.1 Å². The molecule has 15 heavy (non-hydrogen) atoms. The molecule has 0 fully saturated rings. The van der Waals surface area contributed by atoms with Gasteiger partial charge in [-0.25, -0.2) is 0 Å². The molecule has 0 rings (SSSR count). The highest BCUT2D eigenvalue weighted by atomic mass is 28.4. The van der Waals surface area contributed by atoms with Crippen LogP contribution in [0.25, 0.3) is 0 Å². The first kappa shape index (κ1) is 15.1. The molecule has 0 aliphatic heterocycles. The van der Waals surface area contributed by atoms with E-state index in [-0.39, 0.29) is 5.54 Å². The Morgan fingerprint density at radius 3 is 1.73 bits per heavy atom. The van der Waals surface area contributed by atoms with E-state index in [9.17, 15) is 0 Å². The third-order valence-corrected chi connectivity index (χ3v) is 6.80. The third kappa shape index (κ3) is 3.53. The minimum Gasteiger partial charge on any atom is -0.303 e. The highest BCUT2D eigenvalue weighted by Gasteiger charge is 2.42. The van der Waals surface area contributed by atoms with E-state index in [1.54, 1.807) is 0 Å². The van der Waals surface area contributed by atoms with E-state index >= 15 is 0 Å². The molecule has 4 nitrogen and oxygen atoms in total. The molecule has 0 amide bonds. The second-order valence-corrected chi connectivity index (χ2v) is 7.97. The summed E-state index contributed by atoms with van der Waals surface area (Å²) in [5, 5.41) is 0. The maximum Gasteiger partial charge on any atom is 0.368 e. The topological polar surface area (TPSA) is 39.3 Å². The predicted octanol–water partition coefficient (Wildman–Crippen LogP) is 0.591. The molecule has 92 valence electrons. The van der Waals surface area contributed by atoms with Gasteiger partial charge in [0.05, 0.1) is 0 Å². The number of hydrogen-bond acceptors (Lipinski definition) is 4. The lowest BCUT2D eigenvalue weighted by molar-refractivity contribution is 0.232. The molecule has 0 saturated carbocycles. The van der Waals surface area contributed by atoms with Gasteiger partial charge in [-0.3, -0.25) is 4.57 Å². The van der Waals surface area contributed by atoms with Crippen molar-refractivity contribution in [3.8, 4) is 0 Å². The Kier molecular flexibility index (Phi) is 5.98. The lowest BCUT2D eigenvalue weighted by Crippen LogP contribution is -2.82. The summed E-state index contributed by atoms with van der Waals surface area (Å²) >= 11 is 0. The Morgan fingerprint density at radius 2 is 1.53 bits per heavy atom. The maximum atomic E-state index is 3.60. The van der Waals surface area contributed by atoms with Gasteiger partial charge in [-0.1, -0.05) is 13.8 Å². The highest BCUT2D eigenvalue weighted by molar-refractivity contribution is 6.69. The van der Waals surface area contributed by atoms with Crippen molar-refractivity contribution < 1.29 is 0 Å². The fourth-order valence-electron chi connectivity index (χ4n) is 2.14. The molecule has 0 saturated heterocycles. The van der Waals surface area contributed by atoms with Crippen LogP contribution in [0.1, 0.15) is 34.6 Å². The second kappa shape index (κ2) is 5.96. The first-order chi connectivity index (χ1) is 6.87. The van der Waals surface area contributed by atoms with Gasteiger partial charge in [0.25, 0.3) is 0 Å². The zero-order valence-electron chi connectivity index (χ0n) is 11.4. The van der Waals surface area contributed by atoms with Crippen LogP contribution in [0.2, 0.25) is 0 Å². The molecule has 0 atom stereocenters. The van der Waals surface area contributed by atoms with Crippen molar-refractivity contribution in [1.29, 1.82) is 0 Å². The van der Waals surface area contributed by atoms with Gasteiger partial charge in [-0.15, -0.1) is 0 Å². The number of hydrogen-bond donors (Lipinski definition) is 3. The van der Waals surface area contributed by atoms with E-state index in [2.05, 4.69) is 54.1 Å². The Bertz CT molecular complexity index is 175. The van der Waals surface area contributed by atoms with Crippen molar-refractivity contribution in [2.24, 2.45) is 0 Å². The minimum atomic E-state index is -1.92. The van der Waals surface area contributed by atoms with Gasteiger partial charge >= 0.3 is 8.72 Å². The van der Waals surface area contributed by atoms with Crippen LogP contribution < -0.4 is 14.9 Å². The molecule has 0 spiro atoms. The zero-order chi connectivity index (χ0) is 12.1. The quantitative estimate of drug-likeness (QED) is 0.586. The Balaban J connectivity index is 5.00. The van der Waals surface area contributed by atoms with Crippen molar-refractivity contribution in [2.75, 3.05) is 27.2 Å². The summed E-state index contributed by atoms with van der Waals surface area (Å²) in [5.74, 6) is 0. The highest BCUT2D eigenvalue weighted by Crippen LogP contribution is 2.16. The molecule has 0 unspecified atom stereocenters. The predicted molar refractivity (Wildman–Crippen MR) is 69.7 cm³/mol. The summed E-state index contributed by atoms with van der Waals surface area (Å²) in [6, 6.07) is 0. The summed E-state index contributed by atoms with van der Waals surface area (Å²) < 4.78 is 2.50. The Hall–Kier alpha value is 0.0569. The van der Waals surface area contributed by atoms with Crippen molar-refractivity contribution >= 4 is 8.72 Å². The molecule has 5 heteroatoms. The number of rotatable bonds is 6. The molecule has 0 aromatic rings. The van der Waals surface area contributed by atoms with E-state index in [0.29, 0.717) is 0 Å². The van der Waals surface area contributed by atoms with Crippen LogP contribution in [0.15, 0.2) is 0 Å². The molecule has 0 aromatic heterocycles. The van der Waals surface area contributed by atoms with Crippen molar-refractivity contribution in [1.82, 2.24) is 19.5 Å². The SMILES string of the molecule is CCN[Si](NC)(NC)N(CC)C(C)(C)C. The van der Waals surface area contributed by atoms with Gasteiger partial charge < -0.3 is 14.9 Å². The zero-order valence-corrected chi connectivity index (χ0v) is 12.4. The van der Waals surface area contributed by atoms with Gasteiger partial charge in [-0.2, -0.15) is 0 Å². The molecule has 0 bridgehead atoms. The first-order valence-electron chi connectivity index (χ1n) is 5.78. The van der Waals surface area contributed by atoms with Crippen molar-refractivity contribution in [2.45, 2.75) is 40.2 Å². The van der Waals surface area contributed by atoms with Gasteiger partial charge in [0.2, 0.25) is 0 Å². The summed E-state index contributed by atoms with van der Waals surface area (Å²) in [7, 11) is 2.13. The van der Waals surface area contributed by atoms with Crippen LogP contribution in [0.5, 0.6) is 0 Å². The molecule has 0 aliphatic carbocycles. The molecule has 0 radical (unpaired) electrons. The van der Waals surface area contributed by atoms with Gasteiger partial charge in [-0.05, 0) is 48.0 Å². The monoisotopic (exact) mass is 232 g/mol. The van der Waals surface area contributed by atoms with Crippen LogP contribution in [0.3, 0.4) is 0 Å². The molecule has 3 N–H and O–H groups in total. The standard InChI is InChI=1S/C10H28N4Si/c1-8-13-15(11-6,12-7)14(9-2)10(3,4)5/h11-13H,8-9H2,1-7H3. The average molecular weight is 232 g/mol. The average Bonchev–Trinajstić information content (AvgIpc) is 2.15. The number of nitrogens with one attached hydrogen (secondary N) is 3. The van der Waals surface area contributed by atoms with Crippen LogP contribution in [-0.2, 0) is 0 Å². The lowest BCUT2D eigenvalue weighted by atomic mass is 10.1. The van der Waals surface area contributed by atoms with Gasteiger partial charge in [0.15, 0.2) is 0 Å². The summed E-state index contributed by atoms with van der Waals surface area (Å²) in [6.07, 6.45) is 0. The van der Waals surface area contributed by atoms with Gasteiger partial charge in [0.1, 0.15) is 0 Å². The largest absolute Gasteiger partial charge is 0.368 e. The third-order valence-electron chi connectivity index (χ3n) is 2.69. The van der Waals surface area contributed by atoms with Crippen molar-refractivity contribution in [3.63, 3.8) is 0 Å². The fraction of sp³-hybridized carbons (Fsp3) is 1.00. The van der Waals surface area contributed by atoms with Gasteiger partial charge in [0, 0.05) is 5.54 Å². The molecule has 0 heterocycles. The minimum absolute atomic E-state index is 0.162. The molecular weight excluding hydrogens is 204 g/mol. The Morgan fingerprint density at radius 1 is 1.07 bits per heavy atom. The Labute approximate surface area is 96.1 Å².